The van der Waals surface area contributed by atoms with Crippen LogP contribution in [0.25, 0.3) is 11.9 Å². The van der Waals surface area contributed by atoms with Crippen LogP contribution in [0.1, 0.15) is 78.1 Å². The molecule has 2 aromatic rings. The number of nitrogens with two attached hydrogens (primary N) is 1. The quantitative estimate of drug-likeness (QED) is 0.350. The molecule has 1 aliphatic carbocycles. The van der Waals surface area contributed by atoms with E-state index in [0.717, 1.165) is 24.5 Å². The van der Waals surface area contributed by atoms with Crippen molar-refractivity contribution in [2.75, 3.05) is 5.75 Å². The van der Waals surface area contributed by atoms with Gasteiger partial charge in [-0.3, -0.25) is 14.6 Å². The number of ether oxygens (including phenoxy) is 2. The zero-order valence-electron chi connectivity index (χ0n) is 25.5. The molecule has 1 fully saturated rings. The predicted octanol–water partition coefficient (Wildman–Crippen LogP) is 4.94. The zero-order chi connectivity index (χ0) is 33.1. The third kappa shape index (κ3) is 5.71. The molecular formula is C30H35ClF2N4O6S. The average Bonchev–Trinajstić information content (AvgIpc) is 2.81. The van der Waals surface area contributed by atoms with Gasteiger partial charge in [0, 0.05) is 5.56 Å². The summed E-state index contributed by atoms with van der Waals surface area (Å²) in [4.78, 5) is 39.6. The van der Waals surface area contributed by atoms with Crippen molar-refractivity contribution in [3.8, 4) is 0 Å². The Kier molecular flexibility index (Phi) is 8.26. The molecule has 238 valence electrons. The maximum absolute atomic E-state index is 15.3. The molecule has 1 saturated carbocycles. The number of halogens is 3. The molecule has 0 radical (unpaired) electrons. The van der Waals surface area contributed by atoms with Crippen molar-refractivity contribution >= 4 is 51.1 Å². The van der Waals surface area contributed by atoms with Gasteiger partial charge in [-0.15, -0.1) is 0 Å². The van der Waals surface area contributed by atoms with Crippen LogP contribution in [0, 0.1) is 11.2 Å². The van der Waals surface area contributed by atoms with E-state index in [1.807, 2.05) is 0 Å². The third-order valence-corrected chi connectivity index (χ3v) is 10.5. The molecular weight excluding hydrogens is 618 g/mol. The summed E-state index contributed by atoms with van der Waals surface area (Å²) in [6.45, 7) is 10.8. The summed E-state index contributed by atoms with van der Waals surface area (Å²) in [5, 5.41) is 0.0686. The topological polar surface area (TPSA) is 151 Å². The minimum atomic E-state index is -4.54. The van der Waals surface area contributed by atoms with Gasteiger partial charge >= 0.3 is 11.9 Å². The van der Waals surface area contributed by atoms with Crippen LogP contribution in [0.2, 0.25) is 5.15 Å². The molecule has 10 nitrogen and oxygen atoms in total. The Labute approximate surface area is 260 Å². The summed E-state index contributed by atoms with van der Waals surface area (Å²) in [7, 11) is -4.54. The van der Waals surface area contributed by atoms with Crippen LogP contribution in [0.3, 0.4) is 0 Å². The number of rotatable bonds is 5. The maximum atomic E-state index is 15.3. The van der Waals surface area contributed by atoms with Gasteiger partial charge in [-0.2, -0.15) is 0 Å². The summed E-state index contributed by atoms with van der Waals surface area (Å²) in [5.41, 5.74) is -0.0109. The lowest BCUT2D eigenvalue weighted by Crippen LogP contribution is -2.77. The number of esters is 2. The number of benzene rings is 1. The van der Waals surface area contributed by atoms with E-state index in [0.29, 0.717) is 0 Å². The highest BCUT2D eigenvalue weighted by Gasteiger charge is 2.79. The number of carbonyl (C=O) groups is 2. The van der Waals surface area contributed by atoms with Gasteiger partial charge in [-0.25, -0.2) is 27.2 Å². The van der Waals surface area contributed by atoms with Crippen molar-refractivity contribution in [3.05, 3.63) is 58.4 Å². The van der Waals surface area contributed by atoms with Crippen molar-refractivity contribution in [3.63, 3.8) is 0 Å². The molecule has 0 bridgehead atoms. The van der Waals surface area contributed by atoms with Crippen LogP contribution >= 0.6 is 11.6 Å². The number of amidine groups is 1. The Morgan fingerprint density at radius 1 is 1.02 bits per heavy atom. The molecule has 0 amide bonds. The number of sulfone groups is 1. The fraction of sp³-hybridized carbons (Fsp3) is 0.500. The highest BCUT2D eigenvalue weighted by Crippen LogP contribution is 2.60. The van der Waals surface area contributed by atoms with Gasteiger partial charge in [-0.1, -0.05) is 17.7 Å². The van der Waals surface area contributed by atoms with E-state index in [9.17, 15) is 22.4 Å². The minimum Gasteiger partial charge on any atom is -0.459 e. The van der Waals surface area contributed by atoms with Gasteiger partial charge in [0.15, 0.2) is 25.8 Å². The fourth-order valence-electron chi connectivity index (χ4n) is 5.60. The van der Waals surface area contributed by atoms with Crippen LogP contribution in [-0.2, 0) is 34.4 Å². The zero-order valence-corrected chi connectivity index (χ0v) is 27.1. The van der Waals surface area contributed by atoms with Crippen LogP contribution < -0.4 is 5.73 Å². The number of nitrogens with zero attached hydrogens (tertiary/aromatic N) is 3. The van der Waals surface area contributed by atoms with E-state index in [4.69, 9.17) is 26.8 Å². The van der Waals surface area contributed by atoms with E-state index in [2.05, 4.69) is 15.0 Å². The molecule has 44 heavy (non-hydrogen) atoms. The summed E-state index contributed by atoms with van der Waals surface area (Å²) in [6.07, 6.45) is 2.93. The summed E-state index contributed by atoms with van der Waals surface area (Å²) < 4.78 is 67.8. The Hall–Kier alpha value is -3.45. The van der Waals surface area contributed by atoms with E-state index in [1.54, 1.807) is 41.5 Å². The third-order valence-electron chi connectivity index (χ3n) is 7.55. The number of hydrogen-bond acceptors (Lipinski definition) is 10. The Bertz CT molecular complexity index is 1650. The molecule has 1 aromatic carbocycles. The van der Waals surface area contributed by atoms with Gasteiger partial charge in [-0.05, 0) is 85.1 Å². The van der Waals surface area contributed by atoms with E-state index >= 15 is 4.39 Å². The molecule has 4 rings (SSSR count). The van der Waals surface area contributed by atoms with Gasteiger partial charge in [0.2, 0.25) is 0 Å². The molecule has 2 aliphatic rings. The number of aromatic nitrogens is 2. The number of carbonyl (C=O) groups excluding carboxylic acids is 2. The van der Waals surface area contributed by atoms with E-state index in [-0.39, 0.29) is 34.8 Å². The summed E-state index contributed by atoms with van der Waals surface area (Å²) >= 11 is 5.71. The van der Waals surface area contributed by atoms with Crippen molar-refractivity contribution in [1.82, 2.24) is 9.97 Å². The van der Waals surface area contributed by atoms with Crippen molar-refractivity contribution in [1.29, 1.82) is 0 Å². The standard InChI is InChI=1S/C30H35ClF2N4O6S/c1-26(2,3)42-24(38)29(25(39)43-27(4,5)6)10-11-30(29)23(34)37-28(7,16-44(30,40)41)18-12-17(8-9-19(18)32)13-20(33)21-14-36-22(31)15-35-21/h8-9,12-15H,10-11,16H2,1-7H3,(H2,34,37)/b20-13-/t28?,30-/m0/s1. The molecule has 1 unspecified atom stereocenters. The lowest BCUT2D eigenvalue weighted by atomic mass is 9.58. The molecule has 2 atom stereocenters. The number of aliphatic imine (C=N–C) groups is 1. The predicted molar refractivity (Wildman–Crippen MR) is 161 cm³/mol. The fourth-order valence-corrected chi connectivity index (χ4v) is 8.48. The minimum absolute atomic E-state index is 0.0686. The second kappa shape index (κ2) is 10.9. The molecule has 1 aliphatic heterocycles. The second-order valence-electron chi connectivity index (χ2n) is 13.2. The smallest absolute Gasteiger partial charge is 0.326 e. The van der Waals surface area contributed by atoms with Crippen molar-refractivity contribution in [2.24, 2.45) is 16.1 Å². The van der Waals surface area contributed by atoms with Crippen LogP contribution in [0.15, 0.2) is 35.6 Å². The first-order valence-corrected chi connectivity index (χ1v) is 15.8. The highest BCUT2D eigenvalue weighted by atomic mass is 35.5. The largest absolute Gasteiger partial charge is 0.459 e. The van der Waals surface area contributed by atoms with Gasteiger partial charge in [0.25, 0.3) is 0 Å². The monoisotopic (exact) mass is 652 g/mol. The van der Waals surface area contributed by atoms with Crippen molar-refractivity contribution in [2.45, 2.75) is 82.8 Å². The van der Waals surface area contributed by atoms with Crippen molar-refractivity contribution < 1.29 is 36.3 Å². The average molecular weight is 653 g/mol. The first-order chi connectivity index (χ1) is 20.1. The molecule has 0 saturated heterocycles. The molecule has 2 heterocycles. The van der Waals surface area contributed by atoms with Gasteiger partial charge < -0.3 is 15.2 Å². The Morgan fingerprint density at radius 2 is 1.61 bits per heavy atom. The van der Waals surface area contributed by atoms with Crippen LogP contribution in [0.4, 0.5) is 8.78 Å². The summed E-state index contributed by atoms with van der Waals surface area (Å²) in [5.74, 6) is -5.19. The summed E-state index contributed by atoms with van der Waals surface area (Å²) in [6, 6.07) is 3.59. The maximum Gasteiger partial charge on any atom is 0.326 e. The molecule has 14 heteroatoms. The lowest BCUT2D eigenvalue weighted by molar-refractivity contribution is -0.194. The SMILES string of the molecule is CC(C)(C)OC(=O)C1(C(=O)OC(C)(C)C)CC[C@]12C(N)=NC(C)(c1cc(/C=C(\F)c3cnc(Cl)cn3)ccc1F)CS2(=O)=O. The van der Waals surface area contributed by atoms with Crippen LogP contribution in [-0.4, -0.2) is 57.9 Å². The van der Waals surface area contributed by atoms with Gasteiger partial charge in [0.05, 0.1) is 18.1 Å². The lowest BCUT2D eigenvalue weighted by Gasteiger charge is -2.56. The highest BCUT2D eigenvalue weighted by molar-refractivity contribution is 7.94. The van der Waals surface area contributed by atoms with Gasteiger partial charge in [0.1, 0.15) is 39.2 Å². The Balaban J connectivity index is 1.85. The van der Waals surface area contributed by atoms with E-state index in [1.165, 1.54) is 19.1 Å². The number of hydrogen-bond donors (Lipinski definition) is 1. The van der Waals surface area contributed by atoms with Crippen LogP contribution in [0.5, 0.6) is 0 Å². The molecule has 1 spiro atoms. The first-order valence-electron chi connectivity index (χ1n) is 13.8. The first kappa shape index (κ1) is 33.4. The normalized spacial score (nSPS) is 24.7. The second-order valence-corrected chi connectivity index (χ2v) is 15.8. The molecule has 2 N–H and O–H groups in total. The van der Waals surface area contributed by atoms with E-state index < -0.39 is 71.9 Å². The molecule has 1 aromatic heterocycles. The Morgan fingerprint density at radius 3 is 2.07 bits per heavy atom.